The van der Waals surface area contributed by atoms with Gasteiger partial charge in [0.15, 0.2) is 5.65 Å². The number of aromatic nitrogens is 6. The fraction of sp³-hybridized carbons (Fsp3) is 0.391. The van der Waals surface area contributed by atoms with Crippen molar-refractivity contribution in [3.63, 3.8) is 0 Å². The minimum atomic E-state index is -3.24. The highest BCUT2D eigenvalue weighted by atomic mass is 19.3. The van der Waals surface area contributed by atoms with E-state index in [2.05, 4.69) is 25.5 Å². The number of nitrogens with zero attached hydrogens (tertiary/aromatic N) is 8. The molecule has 184 valence electrons. The summed E-state index contributed by atoms with van der Waals surface area (Å²) in [5.41, 5.74) is 1.75. The highest BCUT2D eigenvalue weighted by molar-refractivity contribution is 5.88. The molecule has 0 aromatic carbocycles. The van der Waals surface area contributed by atoms with Crippen molar-refractivity contribution in [1.82, 2.24) is 34.1 Å². The van der Waals surface area contributed by atoms with E-state index in [1.807, 2.05) is 30.5 Å². The molecule has 4 aromatic rings. The summed E-state index contributed by atoms with van der Waals surface area (Å²) in [5.74, 6) is -3.55. The van der Waals surface area contributed by atoms with Gasteiger partial charge in [0.1, 0.15) is 17.3 Å². The van der Waals surface area contributed by atoms with Gasteiger partial charge in [0.05, 0.1) is 25.8 Å². The van der Waals surface area contributed by atoms with Crippen LogP contribution < -0.4 is 10.1 Å². The van der Waals surface area contributed by atoms with E-state index < -0.39 is 29.8 Å². The molecule has 1 saturated heterocycles. The Bertz CT molecular complexity index is 1540. The number of hydrogen-bond donors (Lipinski definition) is 1. The van der Waals surface area contributed by atoms with E-state index in [-0.39, 0.29) is 24.8 Å². The second kappa shape index (κ2) is 7.84. The van der Waals surface area contributed by atoms with Gasteiger partial charge in [0.25, 0.3) is 5.92 Å². The zero-order valence-corrected chi connectivity index (χ0v) is 19.2. The fourth-order valence-electron chi connectivity index (χ4n) is 4.65. The first-order chi connectivity index (χ1) is 17.3. The maximum atomic E-state index is 15.1. The molecular formula is C23H21F2N9O2. The molecule has 36 heavy (non-hydrogen) atoms. The topological polar surface area (TPSA) is 126 Å². The summed E-state index contributed by atoms with van der Waals surface area (Å²) in [6.45, 7) is -0.641. The first kappa shape index (κ1) is 22.1. The number of hydrogen-bond acceptors (Lipinski definition) is 8. The molecule has 1 atom stereocenters. The van der Waals surface area contributed by atoms with Crippen molar-refractivity contribution in [1.29, 1.82) is 5.26 Å². The lowest BCUT2D eigenvalue weighted by Crippen LogP contribution is -2.57. The summed E-state index contributed by atoms with van der Waals surface area (Å²) in [4.78, 5) is 22.2. The smallest absolute Gasteiger partial charge is 0.285 e. The number of carbonyl (C=O) groups excluding carboxylic acids is 1. The van der Waals surface area contributed by atoms with E-state index in [9.17, 15) is 10.1 Å². The van der Waals surface area contributed by atoms with Crippen molar-refractivity contribution < 1.29 is 18.3 Å². The number of nitrogens with one attached hydrogen (secondary N) is 1. The van der Waals surface area contributed by atoms with Crippen molar-refractivity contribution >= 4 is 23.0 Å². The molecule has 4 aromatic heterocycles. The molecule has 13 heteroatoms. The van der Waals surface area contributed by atoms with Gasteiger partial charge in [-0.25, -0.2) is 22.8 Å². The highest BCUT2D eigenvalue weighted by Gasteiger charge is 2.56. The maximum absolute atomic E-state index is 15.1. The molecule has 0 unspecified atom stereocenters. The van der Waals surface area contributed by atoms with E-state index in [4.69, 9.17) is 4.74 Å². The number of alkyl halides is 2. The highest BCUT2D eigenvalue weighted by Crippen LogP contribution is 2.47. The Balaban J connectivity index is 1.26. The van der Waals surface area contributed by atoms with Gasteiger partial charge in [-0.3, -0.25) is 4.79 Å². The number of nitriles is 1. The summed E-state index contributed by atoms with van der Waals surface area (Å²) in [6, 6.07) is 6.24. The number of rotatable bonds is 5. The van der Waals surface area contributed by atoms with Crippen LogP contribution in [0.2, 0.25) is 0 Å². The molecule has 5 heterocycles. The Morgan fingerprint density at radius 1 is 1.28 bits per heavy atom. The predicted molar refractivity (Wildman–Crippen MR) is 122 cm³/mol. The van der Waals surface area contributed by atoms with Crippen LogP contribution in [0.25, 0.3) is 22.3 Å². The lowest BCUT2D eigenvalue weighted by Gasteiger charge is -2.39. The molecule has 0 bridgehead atoms. The van der Waals surface area contributed by atoms with Crippen LogP contribution in [0.15, 0.2) is 36.9 Å². The SMILES string of the molecule is COc1nc(N[C@@H]2CCN(C(=O)C3(C#N)CC3)CC2(F)F)nn2ccc(-c3ccc4ncnn4c3)c12. The second-order valence-corrected chi connectivity index (χ2v) is 9.12. The molecule has 2 aliphatic rings. The van der Waals surface area contributed by atoms with Crippen molar-refractivity contribution in [2.75, 3.05) is 25.5 Å². The molecule has 1 amide bonds. The zero-order valence-electron chi connectivity index (χ0n) is 19.2. The Hall–Kier alpha value is -4.34. The maximum Gasteiger partial charge on any atom is 0.285 e. The van der Waals surface area contributed by atoms with Crippen LogP contribution >= 0.6 is 0 Å². The Morgan fingerprint density at radius 2 is 2.11 bits per heavy atom. The third-order valence-corrected chi connectivity index (χ3v) is 6.82. The first-order valence-corrected chi connectivity index (χ1v) is 11.4. The molecule has 11 nitrogen and oxygen atoms in total. The van der Waals surface area contributed by atoms with E-state index in [0.717, 1.165) is 16.0 Å². The summed E-state index contributed by atoms with van der Waals surface area (Å²) < 4.78 is 38.8. The summed E-state index contributed by atoms with van der Waals surface area (Å²) in [6.07, 6.45) is 5.80. The summed E-state index contributed by atoms with van der Waals surface area (Å²) in [7, 11) is 1.45. The standard InChI is InChI=1S/C23H21F2N9O2/c1-36-19-18-15(14-2-3-17-27-13-28-34(17)10-14)4-9-33(18)31-21(30-19)29-16-5-8-32(12-23(16,24)25)20(35)22(11-26)6-7-22/h2-4,9-10,13,16H,5-8,12H2,1H3,(H,29,31)/t16-/m1/s1. The lowest BCUT2D eigenvalue weighted by molar-refractivity contribution is -0.146. The number of piperidine rings is 1. The lowest BCUT2D eigenvalue weighted by atomic mass is 9.98. The third-order valence-electron chi connectivity index (χ3n) is 6.82. The van der Waals surface area contributed by atoms with Crippen LogP contribution in [0.4, 0.5) is 14.7 Å². The Labute approximate surface area is 203 Å². The van der Waals surface area contributed by atoms with Crippen molar-refractivity contribution in [2.24, 2.45) is 5.41 Å². The Morgan fingerprint density at radius 3 is 2.83 bits per heavy atom. The van der Waals surface area contributed by atoms with Gasteiger partial charge in [-0.1, -0.05) is 0 Å². The third kappa shape index (κ3) is 3.48. The number of methoxy groups -OCH3 is 1. The number of fused-ring (bicyclic) bond motifs is 2. The van der Waals surface area contributed by atoms with E-state index in [1.54, 1.807) is 10.7 Å². The molecule has 0 radical (unpaired) electrons. The number of amides is 1. The molecule has 2 fully saturated rings. The molecule has 0 spiro atoms. The molecule has 1 aliphatic heterocycles. The number of ether oxygens (including phenoxy) is 1. The van der Waals surface area contributed by atoms with Gasteiger partial charge in [-0.05, 0) is 37.5 Å². The van der Waals surface area contributed by atoms with Crippen LogP contribution in [0.5, 0.6) is 5.88 Å². The van der Waals surface area contributed by atoms with Gasteiger partial charge >= 0.3 is 0 Å². The summed E-state index contributed by atoms with van der Waals surface area (Å²) >= 11 is 0. The number of anilines is 1. The van der Waals surface area contributed by atoms with Crippen LogP contribution in [0, 0.1) is 16.7 Å². The zero-order chi connectivity index (χ0) is 25.1. The van der Waals surface area contributed by atoms with Gasteiger partial charge in [0.2, 0.25) is 17.7 Å². The van der Waals surface area contributed by atoms with Crippen molar-refractivity contribution in [3.05, 3.63) is 36.9 Å². The molecule has 1 aliphatic carbocycles. The van der Waals surface area contributed by atoms with Gasteiger partial charge in [-0.15, -0.1) is 5.10 Å². The number of carbonyl (C=O) groups is 1. The molecule has 1 N–H and O–H groups in total. The van der Waals surface area contributed by atoms with Gasteiger partial charge < -0.3 is 15.0 Å². The second-order valence-electron chi connectivity index (χ2n) is 9.12. The fourth-order valence-corrected chi connectivity index (χ4v) is 4.65. The Kier molecular flexibility index (Phi) is 4.82. The van der Waals surface area contributed by atoms with Crippen LogP contribution in [-0.4, -0.2) is 72.2 Å². The van der Waals surface area contributed by atoms with Gasteiger partial charge in [0, 0.05) is 30.1 Å². The van der Waals surface area contributed by atoms with E-state index in [0.29, 0.717) is 24.0 Å². The van der Waals surface area contributed by atoms with Crippen LogP contribution in [0.3, 0.4) is 0 Å². The van der Waals surface area contributed by atoms with Crippen LogP contribution in [-0.2, 0) is 4.79 Å². The minimum Gasteiger partial charge on any atom is -0.479 e. The first-order valence-electron chi connectivity index (χ1n) is 11.4. The van der Waals surface area contributed by atoms with E-state index >= 15 is 8.78 Å². The largest absolute Gasteiger partial charge is 0.479 e. The quantitative estimate of drug-likeness (QED) is 0.449. The monoisotopic (exact) mass is 493 g/mol. The molecular weight excluding hydrogens is 472 g/mol. The van der Waals surface area contributed by atoms with Crippen molar-refractivity contribution in [2.45, 2.75) is 31.2 Å². The van der Waals surface area contributed by atoms with Gasteiger partial charge in [-0.2, -0.15) is 15.3 Å². The normalized spacial score (nSPS) is 20.3. The summed E-state index contributed by atoms with van der Waals surface area (Å²) in [5, 5.41) is 20.5. The molecule has 6 rings (SSSR count). The number of pyridine rings is 1. The average molecular weight is 493 g/mol. The average Bonchev–Trinajstić information content (AvgIpc) is 3.33. The van der Waals surface area contributed by atoms with Crippen LogP contribution in [0.1, 0.15) is 19.3 Å². The number of likely N-dealkylation sites (tertiary alicyclic amines) is 1. The minimum absolute atomic E-state index is 0.0151. The molecule has 1 saturated carbocycles. The predicted octanol–water partition coefficient (Wildman–Crippen LogP) is 2.40. The number of halogens is 2. The van der Waals surface area contributed by atoms with E-state index in [1.165, 1.54) is 18.0 Å². The van der Waals surface area contributed by atoms with Crippen molar-refractivity contribution in [3.8, 4) is 23.1 Å².